The van der Waals surface area contributed by atoms with Crippen molar-refractivity contribution < 1.29 is 19.4 Å². The van der Waals surface area contributed by atoms with E-state index < -0.39 is 11.4 Å². The van der Waals surface area contributed by atoms with E-state index in [9.17, 15) is 14.7 Å². The van der Waals surface area contributed by atoms with Gasteiger partial charge in [0.2, 0.25) is 0 Å². The van der Waals surface area contributed by atoms with E-state index in [1.807, 2.05) is 26.0 Å². The molecule has 0 aromatic heterocycles. The molecule has 1 aliphatic rings. The fraction of sp³-hybridized carbons (Fsp3) is 0.556. The molecule has 1 saturated heterocycles. The molecule has 1 aromatic carbocycles. The zero-order valence-electron chi connectivity index (χ0n) is 14.4. The molecule has 1 amide bonds. The Morgan fingerprint density at radius 1 is 1.17 bits per heavy atom. The number of hydrogen-bond donors (Lipinski definition) is 2. The van der Waals surface area contributed by atoms with Crippen molar-refractivity contribution in [2.45, 2.75) is 26.7 Å². The van der Waals surface area contributed by atoms with Crippen LogP contribution in [0.3, 0.4) is 0 Å². The van der Waals surface area contributed by atoms with E-state index >= 15 is 0 Å². The number of carbonyl (C=O) groups is 2. The van der Waals surface area contributed by atoms with Gasteiger partial charge in [-0.2, -0.15) is 0 Å². The van der Waals surface area contributed by atoms with Crippen molar-refractivity contribution in [2.75, 3.05) is 37.7 Å². The number of nitrogens with one attached hydrogen (secondary N) is 1. The van der Waals surface area contributed by atoms with Crippen LogP contribution in [0.15, 0.2) is 24.3 Å². The number of rotatable bonds is 7. The van der Waals surface area contributed by atoms with E-state index in [0.717, 1.165) is 18.8 Å². The molecule has 0 atom stereocenters. The summed E-state index contributed by atoms with van der Waals surface area (Å²) in [6.45, 7) is 6.93. The average Bonchev–Trinajstić information content (AvgIpc) is 2.63. The van der Waals surface area contributed by atoms with E-state index in [-0.39, 0.29) is 12.5 Å². The Kier molecular flexibility index (Phi) is 6.20. The van der Waals surface area contributed by atoms with Crippen LogP contribution in [0.2, 0.25) is 0 Å². The lowest BCUT2D eigenvalue weighted by atomic mass is 9.82. The number of carboxylic acid groups (broad SMARTS) is 1. The highest BCUT2D eigenvalue weighted by Crippen LogP contribution is 2.26. The molecule has 0 unspecified atom stereocenters. The SMILES string of the molecule is CCC(CC)(CNC(=O)c1ccc(N2CCOCC2)cc1)C(=O)O. The minimum absolute atomic E-state index is 0.138. The predicted octanol–water partition coefficient (Wildman–Crippen LogP) is 2.14. The highest BCUT2D eigenvalue weighted by Gasteiger charge is 2.35. The maximum Gasteiger partial charge on any atom is 0.311 e. The summed E-state index contributed by atoms with van der Waals surface area (Å²) in [5.74, 6) is -1.11. The molecule has 24 heavy (non-hydrogen) atoms. The van der Waals surface area contributed by atoms with E-state index in [1.54, 1.807) is 12.1 Å². The Morgan fingerprint density at radius 2 is 1.75 bits per heavy atom. The molecule has 2 N–H and O–H groups in total. The molecule has 0 spiro atoms. The number of anilines is 1. The molecule has 1 aromatic rings. The van der Waals surface area contributed by atoms with Crippen LogP contribution in [-0.4, -0.2) is 49.8 Å². The molecule has 0 saturated carbocycles. The average molecular weight is 334 g/mol. The molecular weight excluding hydrogens is 308 g/mol. The number of aliphatic carboxylic acids is 1. The third kappa shape index (κ3) is 4.06. The van der Waals surface area contributed by atoms with Crippen LogP contribution < -0.4 is 10.2 Å². The van der Waals surface area contributed by atoms with Crippen molar-refractivity contribution >= 4 is 17.6 Å². The standard InChI is InChI=1S/C18H26N2O4/c1-3-18(4-2,17(22)23)13-19-16(21)14-5-7-15(8-6-14)20-9-11-24-12-10-20/h5-8H,3-4,9-13H2,1-2H3,(H,19,21)(H,22,23). The van der Waals surface area contributed by atoms with Gasteiger partial charge in [-0.15, -0.1) is 0 Å². The van der Waals surface area contributed by atoms with Gasteiger partial charge in [0.15, 0.2) is 0 Å². The smallest absolute Gasteiger partial charge is 0.311 e. The van der Waals surface area contributed by atoms with Crippen molar-refractivity contribution in [2.24, 2.45) is 5.41 Å². The highest BCUT2D eigenvalue weighted by molar-refractivity contribution is 5.94. The summed E-state index contributed by atoms with van der Waals surface area (Å²) in [6, 6.07) is 7.40. The second-order valence-electron chi connectivity index (χ2n) is 6.12. The zero-order valence-corrected chi connectivity index (χ0v) is 14.4. The number of benzene rings is 1. The maximum absolute atomic E-state index is 12.3. The van der Waals surface area contributed by atoms with Gasteiger partial charge in [-0.25, -0.2) is 0 Å². The van der Waals surface area contributed by atoms with Gasteiger partial charge in [-0.3, -0.25) is 9.59 Å². The fourth-order valence-corrected chi connectivity index (χ4v) is 2.87. The van der Waals surface area contributed by atoms with Gasteiger partial charge in [0.1, 0.15) is 0 Å². The predicted molar refractivity (Wildman–Crippen MR) is 92.5 cm³/mol. The largest absolute Gasteiger partial charge is 0.481 e. The lowest BCUT2D eigenvalue weighted by Gasteiger charge is -2.29. The Labute approximate surface area is 142 Å². The van der Waals surface area contributed by atoms with E-state index in [1.165, 1.54) is 0 Å². The number of morpholine rings is 1. The first-order valence-corrected chi connectivity index (χ1v) is 8.47. The maximum atomic E-state index is 12.3. The quantitative estimate of drug-likeness (QED) is 0.799. The van der Waals surface area contributed by atoms with Crippen molar-refractivity contribution in [3.8, 4) is 0 Å². The third-order valence-corrected chi connectivity index (χ3v) is 4.90. The summed E-state index contributed by atoms with van der Waals surface area (Å²) in [5.41, 5.74) is 0.707. The van der Waals surface area contributed by atoms with Crippen LogP contribution in [0, 0.1) is 5.41 Å². The van der Waals surface area contributed by atoms with Gasteiger partial charge < -0.3 is 20.1 Å². The summed E-state index contributed by atoms with van der Waals surface area (Å²) in [7, 11) is 0. The Balaban J connectivity index is 1.98. The molecule has 6 nitrogen and oxygen atoms in total. The van der Waals surface area contributed by atoms with Crippen LogP contribution in [0.25, 0.3) is 0 Å². The Morgan fingerprint density at radius 3 is 2.25 bits per heavy atom. The minimum atomic E-state index is -0.899. The molecule has 1 aliphatic heterocycles. The molecule has 132 valence electrons. The number of ether oxygens (including phenoxy) is 1. The number of amides is 1. The van der Waals surface area contributed by atoms with Gasteiger partial charge >= 0.3 is 5.97 Å². The third-order valence-electron chi connectivity index (χ3n) is 4.90. The second kappa shape index (κ2) is 8.15. The summed E-state index contributed by atoms with van der Waals surface area (Å²) < 4.78 is 5.33. The van der Waals surface area contributed by atoms with Gasteiger partial charge in [-0.05, 0) is 37.1 Å². The van der Waals surface area contributed by atoms with E-state index in [2.05, 4.69) is 10.2 Å². The number of nitrogens with zero attached hydrogens (tertiary/aromatic N) is 1. The van der Waals surface area contributed by atoms with Crippen molar-refractivity contribution in [3.63, 3.8) is 0 Å². The lowest BCUT2D eigenvalue weighted by Crippen LogP contribution is -2.42. The van der Waals surface area contributed by atoms with E-state index in [0.29, 0.717) is 31.6 Å². The molecule has 0 radical (unpaired) electrons. The number of carboxylic acids is 1. The van der Waals surface area contributed by atoms with Gasteiger partial charge in [0.25, 0.3) is 5.91 Å². The normalized spacial score (nSPS) is 15.2. The highest BCUT2D eigenvalue weighted by atomic mass is 16.5. The molecule has 2 rings (SSSR count). The van der Waals surface area contributed by atoms with Gasteiger partial charge in [0, 0.05) is 30.9 Å². The summed E-state index contributed by atoms with van der Waals surface area (Å²) in [4.78, 5) is 26.0. The minimum Gasteiger partial charge on any atom is -0.481 e. The van der Waals surface area contributed by atoms with Crippen LogP contribution in [0.4, 0.5) is 5.69 Å². The zero-order chi connectivity index (χ0) is 17.6. The molecule has 1 heterocycles. The summed E-state index contributed by atoms with van der Waals surface area (Å²) in [5, 5.41) is 12.2. The lowest BCUT2D eigenvalue weighted by molar-refractivity contribution is -0.149. The first-order valence-electron chi connectivity index (χ1n) is 8.47. The van der Waals surface area contributed by atoms with Crippen LogP contribution >= 0.6 is 0 Å². The molecule has 1 fully saturated rings. The van der Waals surface area contributed by atoms with Crippen LogP contribution in [-0.2, 0) is 9.53 Å². The first-order chi connectivity index (χ1) is 11.5. The van der Waals surface area contributed by atoms with Crippen molar-refractivity contribution in [1.29, 1.82) is 0 Å². The summed E-state index contributed by atoms with van der Waals surface area (Å²) >= 11 is 0. The number of carbonyl (C=O) groups excluding carboxylic acids is 1. The first kappa shape index (κ1) is 18.3. The molecular formula is C18H26N2O4. The summed E-state index contributed by atoms with van der Waals surface area (Å²) in [6.07, 6.45) is 0.962. The Bertz CT molecular complexity index is 561. The fourth-order valence-electron chi connectivity index (χ4n) is 2.87. The molecule has 0 bridgehead atoms. The van der Waals surface area contributed by atoms with Crippen LogP contribution in [0.1, 0.15) is 37.0 Å². The number of hydrogen-bond acceptors (Lipinski definition) is 4. The monoisotopic (exact) mass is 334 g/mol. The Hall–Kier alpha value is -2.08. The van der Waals surface area contributed by atoms with Gasteiger partial charge in [0.05, 0.1) is 18.6 Å². The van der Waals surface area contributed by atoms with Crippen molar-refractivity contribution in [3.05, 3.63) is 29.8 Å². The van der Waals surface area contributed by atoms with E-state index in [4.69, 9.17) is 4.74 Å². The molecule has 6 heteroatoms. The topological polar surface area (TPSA) is 78.9 Å². The molecule has 0 aliphatic carbocycles. The van der Waals surface area contributed by atoms with Crippen molar-refractivity contribution in [1.82, 2.24) is 5.32 Å². The van der Waals surface area contributed by atoms with Crippen LogP contribution in [0.5, 0.6) is 0 Å². The van der Waals surface area contributed by atoms with Gasteiger partial charge in [-0.1, -0.05) is 13.8 Å². The second-order valence-corrected chi connectivity index (χ2v) is 6.12.